The van der Waals surface area contributed by atoms with Crippen LogP contribution in [-0.4, -0.2) is 28.2 Å². The summed E-state index contributed by atoms with van der Waals surface area (Å²) in [6, 6.07) is 49.7. The van der Waals surface area contributed by atoms with Crippen LogP contribution in [0.25, 0.3) is 64.2 Å². The Balaban J connectivity index is 1.12. The van der Waals surface area contributed by atoms with Gasteiger partial charge in [-0.1, -0.05) is 140 Å². The minimum absolute atomic E-state index is 0.125. The Morgan fingerprint density at radius 3 is 2.27 bits per heavy atom. The fraction of sp³-hybridized carbons (Fsp3) is 0.0800. The number of hydrogen-bond donors (Lipinski definition) is 0. The number of hydrogen-bond acceptors (Lipinski definition) is 5. The van der Waals surface area contributed by atoms with Gasteiger partial charge in [0.2, 0.25) is 0 Å². The molecule has 0 saturated heterocycles. The molecule has 3 aliphatic rings. The number of thiophene rings is 1. The minimum atomic E-state index is -0.259. The lowest BCUT2D eigenvalue weighted by molar-refractivity contribution is 0.383. The highest BCUT2D eigenvalue weighted by molar-refractivity contribution is 7.26. The summed E-state index contributed by atoms with van der Waals surface area (Å²) >= 11 is 1.86. The zero-order chi connectivity index (χ0) is 36.9. The van der Waals surface area contributed by atoms with Gasteiger partial charge in [0.1, 0.15) is 17.8 Å². The van der Waals surface area contributed by atoms with Crippen LogP contribution in [-0.2, 0) is 0 Å². The van der Waals surface area contributed by atoms with Crippen LogP contribution in [0.15, 0.2) is 184 Å². The summed E-state index contributed by atoms with van der Waals surface area (Å²) in [5, 5.41) is 6.25. The molecule has 9 aromatic rings. The number of aromatic nitrogens is 1. The van der Waals surface area contributed by atoms with E-state index >= 15 is 0 Å². The number of allylic oxidation sites excluding steroid dienone is 5. The molecule has 3 aromatic heterocycles. The second-order valence-corrected chi connectivity index (χ2v) is 16.0. The van der Waals surface area contributed by atoms with Crippen LogP contribution < -0.4 is 0 Å². The van der Waals surface area contributed by atoms with Crippen molar-refractivity contribution in [1.82, 2.24) is 9.47 Å². The van der Waals surface area contributed by atoms with Crippen molar-refractivity contribution in [3.8, 4) is 5.69 Å². The van der Waals surface area contributed by atoms with E-state index in [0.717, 1.165) is 50.5 Å². The summed E-state index contributed by atoms with van der Waals surface area (Å²) in [4.78, 5) is 13.0. The molecule has 2 aliphatic carbocycles. The smallest absolute Gasteiger partial charge is 0.162 e. The van der Waals surface area contributed by atoms with Crippen LogP contribution in [0.4, 0.5) is 0 Å². The zero-order valence-corrected chi connectivity index (χ0v) is 31.3. The van der Waals surface area contributed by atoms with E-state index in [4.69, 9.17) is 14.4 Å². The fourth-order valence-electron chi connectivity index (χ4n) is 9.32. The highest BCUT2D eigenvalue weighted by atomic mass is 32.1. The predicted molar refractivity (Wildman–Crippen MR) is 233 cm³/mol. The summed E-state index contributed by atoms with van der Waals surface area (Å²) < 4.78 is 12.3. The molecule has 0 amide bonds. The first-order valence-corrected chi connectivity index (χ1v) is 20.0. The summed E-state index contributed by atoms with van der Waals surface area (Å²) in [6.45, 7) is 0. The van der Waals surface area contributed by atoms with Crippen LogP contribution in [0.3, 0.4) is 0 Å². The monoisotopic (exact) mass is 738 g/mol. The molecule has 6 aromatic carbocycles. The molecule has 0 radical (unpaired) electrons. The first-order valence-electron chi connectivity index (χ1n) is 19.2. The van der Waals surface area contributed by atoms with E-state index in [9.17, 15) is 0 Å². The summed E-state index contributed by atoms with van der Waals surface area (Å²) in [5.74, 6) is 2.66. The molecule has 266 valence electrons. The Kier molecular flexibility index (Phi) is 6.83. The van der Waals surface area contributed by atoms with Crippen LogP contribution in [0.5, 0.6) is 0 Å². The Labute approximate surface area is 327 Å². The molecule has 0 fully saturated rings. The highest BCUT2D eigenvalue weighted by Crippen LogP contribution is 2.50. The number of furan rings is 1. The van der Waals surface area contributed by atoms with Crippen LogP contribution >= 0.6 is 11.3 Å². The number of benzene rings is 6. The summed E-state index contributed by atoms with van der Waals surface area (Å²) in [5.41, 5.74) is 8.48. The van der Waals surface area contributed by atoms with Gasteiger partial charge in [-0.2, -0.15) is 0 Å². The van der Waals surface area contributed by atoms with Crippen molar-refractivity contribution in [1.29, 1.82) is 0 Å². The van der Waals surface area contributed by atoms with Crippen molar-refractivity contribution in [2.45, 2.75) is 12.1 Å². The Hall–Kier alpha value is -6.76. The number of rotatable bonds is 4. The van der Waals surface area contributed by atoms with Gasteiger partial charge in [0.25, 0.3) is 0 Å². The summed E-state index contributed by atoms with van der Waals surface area (Å²) in [7, 11) is 2.08. The van der Waals surface area contributed by atoms with Crippen molar-refractivity contribution < 1.29 is 4.42 Å². The molecular formula is C50H34N4OS. The summed E-state index contributed by atoms with van der Waals surface area (Å²) in [6.07, 6.45) is 11.0. The molecule has 3 atom stereocenters. The van der Waals surface area contributed by atoms with Gasteiger partial charge in [0, 0.05) is 66.3 Å². The first kappa shape index (κ1) is 31.6. The SMILES string of the molecule is CN1C(c2ccccc2)=NC(C2=CC3C=CC=CC3c3c2oc2c(-n4c5ccccc5c5c6c(ccc54)sc4ccccc46)cccc32)=NC1c1ccccc1. The van der Waals surface area contributed by atoms with Crippen LogP contribution in [0, 0.1) is 5.92 Å². The third-order valence-corrected chi connectivity index (χ3v) is 12.9. The largest absolute Gasteiger partial charge is 0.453 e. The maximum atomic E-state index is 7.30. The maximum Gasteiger partial charge on any atom is 0.162 e. The normalized spacial score (nSPS) is 19.1. The molecule has 0 bridgehead atoms. The Morgan fingerprint density at radius 2 is 1.39 bits per heavy atom. The number of fused-ring (bicyclic) bond motifs is 12. The molecule has 56 heavy (non-hydrogen) atoms. The van der Waals surface area contributed by atoms with Gasteiger partial charge in [-0.05, 0) is 35.9 Å². The second kappa shape index (κ2) is 12.1. The van der Waals surface area contributed by atoms with Gasteiger partial charge < -0.3 is 13.9 Å². The molecule has 0 N–H and O–H groups in total. The minimum Gasteiger partial charge on any atom is -0.453 e. The van der Waals surface area contributed by atoms with Crippen LogP contribution in [0.2, 0.25) is 0 Å². The topological polar surface area (TPSA) is 46.0 Å². The van der Waals surface area contributed by atoms with Gasteiger partial charge in [0.15, 0.2) is 11.4 Å². The second-order valence-electron chi connectivity index (χ2n) is 14.9. The molecule has 3 unspecified atom stereocenters. The average Bonchev–Trinajstić information content (AvgIpc) is 3.94. The lowest BCUT2D eigenvalue weighted by Gasteiger charge is -2.34. The van der Waals surface area contributed by atoms with Gasteiger partial charge in [0.05, 0.1) is 22.3 Å². The lowest BCUT2D eigenvalue weighted by Crippen LogP contribution is -2.36. The van der Waals surface area contributed by atoms with Gasteiger partial charge in [-0.15, -0.1) is 11.3 Å². The van der Waals surface area contributed by atoms with Crippen LogP contribution in [0.1, 0.15) is 34.5 Å². The quantitative estimate of drug-likeness (QED) is 0.180. The van der Waals surface area contributed by atoms with Gasteiger partial charge in [-0.25, -0.2) is 9.98 Å². The predicted octanol–water partition coefficient (Wildman–Crippen LogP) is 12.6. The third kappa shape index (κ3) is 4.53. The fourth-order valence-corrected chi connectivity index (χ4v) is 10.4. The van der Waals surface area contributed by atoms with Crippen molar-refractivity contribution in [3.63, 3.8) is 0 Å². The number of amidine groups is 2. The lowest BCUT2D eigenvalue weighted by atomic mass is 9.76. The number of para-hydroxylation sites is 2. The average molecular weight is 739 g/mol. The molecule has 1 aliphatic heterocycles. The first-order chi connectivity index (χ1) is 27.7. The Bertz CT molecular complexity index is 3230. The Morgan fingerprint density at radius 1 is 0.643 bits per heavy atom. The highest BCUT2D eigenvalue weighted by Gasteiger charge is 2.37. The number of aliphatic imine (C=N–C) groups is 2. The van der Waals surface area contributed by atoms with Crippen molar-refractivity contribution >= 4 is 81.5 Å². The van der Waals surface area contributed by atoms with Crippen molar-refractivity contribution in [2.24, 2.45) is 15.9 Å². The molecule has 4 heterocycles. The van der Waals surface area contributed by atoms with E-state index in [0.29, 0.717) is 5.84 Å². The third-order valence-electron chi connectivity index (χ3n) is 11.8. The maximum absolute atomic E-state index is 7.30. The van der Waals surface area contributed by atoms with E-state index in [1.807, 2.05) is 17.4 Å². The molecule has 5 nitrogen and oxygen atoms in total. The molecule has 6 heteroatoms. The molecular weight excluding hydrogens is 705 g/mol. The van der Waals surface area contributed by atoms with Crippen molar-refractivity contribution in [3.05, 3.63) is 192 Å². The van der Waals surface area contributed by atoms with E-state index in [2.05, 4.69) is 180 Å². The van der Waals surface area contributed by atoms with Gasteiger partial charge in [-0.3, -0.25) is 0 Å². The van der Waals surface area contributed by atoms with E-state index in [-0.39, 0.29) is 18.0 Å². The molecule has 0 saturated carbocycles. The molecule has 0 spiro atoms. The van der Waals surface area contributed by atoms with E-state index in [1.54, 1.807) is 0 Å². The molecule has 12 rings (SSSR count). The van der Waals surface area contributed by atoms with Gasteiger partial charge >= 0.3 is 0 Å². The van der Waals surface area contributed by atoms with E-state index < -0.39 is 0 Å². The number of nitrogens with zero attached hydrogens (tertiary/aromatic N) is 4. The standard InChI is InChI=1S/C50H34N4OS/c1-53-49(30-15-4-2-5-16-30)51-48(52-50(53)31-17-6-3-7-18-31)37-29-32-19-8-9-20-33(32)43-36-23-14-25-40(46(36)55-47(37)43)54-38-24-12-10-21-34(38)44-39(54)27-28-42-45(44)35-22-11-13-26-41(35)56-42/h2-29,32-33,49H,1H3. The zero-order valence-electron chi connectivity index (χ0n) is 30.5. The van der Waals surface area contributed by atoms with Crippen molar-refractivity contribution in [2.75, 3.05) is 7.05 Å². The van der Waals surface area contributed by atoms with E-state index in [1.165, 1.54) is 42.0 Å².